The van der Waals surface area contributed by atoms with Crippen LogP contribution in [-0.2, 0) is 0 Å². The Morgan fingerprint density at radius 3 is 2.83 bits per heavy atom. The Bertz CT molecular complexity index is 343. The van der Waals surface area contributed by atoms with Gasteiger partial charge in [0.1, 0.15) is 5.82 Å². The molecule has 2 heterocycles. The fraction of sp³-hybridized carbons (Fsp3) is 0.769. The van der Waals surface area contributed by atoms with Gasteiger partial charge in [-0.15, -0.1) is 0 Å². The van der Waals surface area contributed by atoms with Crippen molar-refractivity contribution < 1.29 is 0 Å². The Labute approximate surface area is 109 Å². The molecule has 0 unspecified atom stereocenters. The summed E-state index contributed by atoms with van der Waals surface area (Å²) < 4.78 is 2.10. The lowest BCUT2D eigenvalue weighted by atomic mass is 10.2. The summed E-state index contributed by atoms with van der Waals surface area (Å²) in [5.74, 6) is 1.15. The number of hydrogen-bond donors (Lipinski definition) is 3. The van der Waals surface area contributed by atoms with Crippen LogP contribution < -0.4 is 16.0 Å². The lowest BCUT2D eigenvalue weighted by molar-refractivity contribution is 0.321. The lowest BCUT2D eigenvalue weighted by Gasteiger charge is -2.28. The van der Waals surface area contributed by atoms with Gasteiger partial charge in [-0.25, -0.2) is 4.68 Å². The van der Waals surface area contributed by atoms with E-state index in [9.17, 15) is 0 Å². The Morgan fingerprint density at radius 2 is 2.17 bits per heavy atom. The van der Waals surface area contributed by atoms with Gasteiger partial charge in [-0.2, -0.15) is 5.10 Å². The first-order valence-electron chi connectivity index (χ1n) is 6.99. The van der Waals surface area contributed by atoms with E-state index in [1.165, 1.54) is 12.8 Å². The molecule has 1 aromatic heterocycles. The smallest absolute Gasteiger partial charge is 0.124 e. The van der Waals surface area contributed by atoms with E-state index < -0.39 is 0 Å². The minimum absolute atomic E-state index is 0.533. The second-order valence-electron chi connectivity index (χ2n) is 5.22. The molecule has 1 saturated heterocycles. The van der Waals surface area contributed by atoms with Gasteiger partial charge in [-0.05, 0) is 19.4 Å². The average molecular weight is 251 g/mol. The van der Waals surface area contributed by atoms with Crippen molar-refractivity contribution in [1.82, 2.24) is 20.4 Å². The SMILES string of the molecule is CC(C)NCCCCNc1ccnn1C1CNC1. The van der Waals surface area contributed by atoms with Gasteiger partial charge in [-0.1, -0.05) is 13.8 Å². The molecule has 1 aromatic rings. The van der Waals surface area contributed by atoms with E-state index in [1.54, 1.807) is 0 Å². The molecule has 0 aliphatic carbocycles. The number of aromatic nitrogens is 2. The maximum absolute atomic E-state index is 4.38. The van der Waals surface area contributed by atoms with E-state index >= 15 is 0 Å². The first-order valence-corrected chi connectivity index (χ1v) is 6.99. The molecule has 0 saturated carbocycles. The maximum atomic E-state index is 4.38. The van der Waals surface area contributed by atoms with E-state index in [0.29, 0.717) is 12.1 Å². The number of anilines is 1. The molecule has 2 rings (SSSR count). The molecule has 0 spiro atoms. The molecule has 1 fully saturated rings. The second kappa shape index (κ2) is 6.75. The quantitative estimate of drug-likeness (QED) is 0.608. The number of rotatable bonds is 8. The highest BCUT2D eigenvalue weighted by atomic mass is 15.4. The van der Waals surface area contributed by atoms with Crippen molar-refractivity contribution in [3.8, 4) is 0 Å². The average Bonchev–Trinajstić information content (AvgIpc) is 2.69. The highest BCUT2D eigenvalue weighted by molar-refractivity contribution is 5.34. The minimum atomic E-state index is 0.533. The van der Waals surface area contributed by atoms with Crippen LogP contribution in [0.25, 0.3) is 0 Å². The second-order valence-corrected chi connectivity index (χ2v) is 5.22. The molecule has 5 heteroatoms. The van der Waals surface area contributed by atoms with Crippen molar-refractivity contribution in [3.63, 3.8) is 0 Å². The summed E-state index contributed by atoms with van der Waals surface area (Å²) in [6.07, 6.45) is 4.28. The monoisotopic (exact) mass is 251 g/mol. The van der Waals surface area contributed by atoms with Crippen molar-refractivity contribution in [2.45, 2.75) is 38.8 Å². The summed E-state index contributed by atoms with van der Waals surface area (Å²) in [6.45, 7) is 8.56. The predicted molar refractivity (Wildman–Crippen MR) is 75.0 cm³/mol. The summed E-state index contributed by atoms with van der Waals surface area (Å²) in [4.78, 5) is 0. The molecule has 5 nitrogen and oxygen atoms in total. The standard InChI is InChI=1S/C13H25N5/c1-11(2)15-6-3-4-7-16-13-5-8-17-18(13)12-9-14-10-12/h5,8,11-12,14-16H,3-4,6-7,9-10H2,1-2H3. The lowest BCUT2D eigenvalue weighted by Crippen LogP contribution is -2.44. The first kappa shape index (κ1) is 13.4. The molecule has 0 bridgehead atoms. The van der Waals surface area contributed by atoms with Crippen LogP contribution in [0.4, 0.5) is 5.82 Å². The number of unbranched alkanes of at least 4 members (excludes halogenated alkanes) is 1. The Balaban J connectivity index is 1.63. The van der Waals surface area contributed by atoms with E-state index in [4.69, 9.17) is 0 Å². The van der Waals surface area contributed by atoms with Gasteiger partial charge >= 0.3 is 0 Å². The van der Waals surface area contributed by atoms with Crippen LogP contribution in [0.1, 0.15) is 32.7 Å². The van der Waals surface area contributed by atoms with Crippen LogP contribution in [0.3, 0.4) is 0 Å². The molecular weight excluding hydrogens is 226 g/mol. The summed E-state index contributed by atoms with van der Waals surface area (Å²) in [7, 11) is 0. The molecule has 1 aliphatic rings. The molecule has 0 atom stereocenters. The molecule has 0 amide bonds. The zero-order valence-corrected chi connectivity index (χ0v) is 11.4. The number of hydrogen-bond acceptors (Lipinski definition) is 4. The van der Waals surface area contributed by atoms with Crippen molar-refractivity contribution >= 4 is 5.82 Å². The third-order valence-corrected chi connectivity index (χ3v) is 3.24. The Morgan fingerprint density at radius 1 is 1.39 bits per heavy atom. The highest BCUT2D eigenvalue weighted by Crippen LogP contribution is 2.17. The molecule has 102 valence electrons. The van der Waals surface area contributed by atoms with Crippen LogP contribution in [0.2, 0.25) is 0 Å². The van der Waals surface area contributed by atoms with Gasteiger partial charge in [0.05, 0.1) is 12.2 Å². The van der Waals surface area contributed by atoms with Crippen LogP contribution in [0.15, 0.2) is 12.3 Å². The molecule has 3 N–H and O–H groups in total. The molecular formula is C13H25N5. The zero-order chi connectivity index (χ0) is 12.8. The minimum Gasteiger partial charge on any atom is -0.370 e. The summed E-state index contributed by atoms with van der Waals surface area (Å²) >= 11 is 0. The van der Waals surface area contributed by atoms with Crippen LogP contribution in [0, 0.1) is 0 Å². The highest BCUT2D eigenvalue weighted by Gasteiger charge is 2.21. The van der Waals surface area contributed by atoms with Crippen molar-refractivity contribution in [2.24, 2.45) is 0 Å². The molecule has 0 aromatic carbocycles. The van der Waals surface area contributed by atoms with Crippen LogP contribution >= 0.6 is 0 Å². The predicted octanol–water partition coefficient (Wildman–Crippen LogP) is 1.22. The Kier molecular flexibility index (Phi) is 5.01. The third-order valence-electron chi connectivity index (χ3n) is 3.24. The molecule has 18 heavy (non-hydrogen) atoms. The van der Waals surface area contributed by atoms with Gasteiger partial charge in [0.25, 0.3) is 0 Å². The van der Waals surface area contributed by atoms with E-state index in [1.807, 2.05) is 6.20 Å². The van der Waals surface area contributed by atoms with Gasteiger partial charge in [0, 0.05) is 31.7 Å². The summed E-state index contributed by atoms with van der Waals surface area (Å²) in [5.41, 5.74) is 0. The Hall–Kier alpha value is -1.07. The van der Waals surface area contributed by atoms with Crippen LogP contribution in [-0.4, -0.2) is 42.0 Å². The van der Waals surface area contributed by atoms with Crippen molar-refractivity contribution in [3.05, 3.63) is 12.3 Å². The third kappa shape index (κ3) is 3.71. The number of nitrogens with one attached hydrogen (secondary N) is 3. The zero-order valence-electron chi connectivity index (χ0n) is 11.4. The summed E-state index contributed by atoms with van der Waals surface area (Å²) in [6, 6.07) is 3.18. The van der Waals surface area contributed by atoms with E-state index in [2.05, 4.69) is 45.6 Å². The van der Waals surface area contributed by atoms with E-state index in [-0.39, 0.29) is 0 Å². The van der Waals surface area contributed by atoms with Crippen molar-refractivity contribution in [1.29, 1.82) is 0 Å². The summed E-state index contributed by atoms with van der Waals surface area (Å²) in [5, 5.41) is 14.6. The van der Waals surface area contributed by atoms with Gasteiger partial charge in [0.2, 0.25) is 0 Å². The topological polar surface area (TPSA) is 53.9 Å². The molecule has 1 aliphatic heterocycles. The first-order chi connectivity index (χ1) is 8.77. The van der Waals surface area contributed by atoms with Gasteiger partial charge in [-0.3, -0.25) is 0 Å². The molecule has 0 radical (unpaired) electrons. The fourth-order valence-electron chi connectivity index (χ4n) is 2.05. The van der Waals surface area contributed by atoms with Crippen LogP contribution in [0.5, 0.6) is 0 Å². The van der Waals surface area contributed by atoms with Gasteiger partial charge < -0.3 is 16.0 Å². The fourth-order valence-corrected chi connectivity index (χ4v) is 2.05. The largest absolute Gasteiger partial charge is 0.370 e. The normalized spacial score (nSPS) is 15.9. The van der Waals surface area contributed by atoms with Crippen molar-refractivity contribution in [2.75, 3.05) is 31.5 Å². The maximum Gasteiger partial charge on any atom is 0.124 e. The number of nitrogens with zero attached hydrogens (tertiary/aromatic N) is 2. The van der Waals surface area contributed by atoms with E-state index in [0.717, 1.165) is 32.0 Å². The van der Waals surface area contributed by atoms with Gasteiger partial charge in [0.15, 0.2) is 0 Å².